The van der Waals surface area contributed by atoms with Gasteiger partial charge >= 0.3 is 5.97 Å². The monoisotopic (exact) mass is 339 g/mol. The fraction of sp³-hybridized carbons (Fsp3) is 0.500. The zero-order valence-electron chi connectivity index (χ0n) is 13.2. The number of anilines is 2. The summed E-state index contributed by atoms with van der Waals surface area (Å²) in [7, 11) is 0. The van der Waals surface area contributed by atoms with Crippen molar-refractivity contribution in [1.82, 2.24) is 4.90 Å². The number of carbonyl (C=O) groups excluding carboxylic acids is 2. The van der Waals surface area contributed by atoms with Gasteiger partial charge in [-0.3, -0.25) is 14.5 Å². The number of nitrogens with two attached hydrogens (primary N) is 1. The third kappa shape index (κ3) is 5.11. The summed E-state index contributed by atoms with van der Waals surface area (Å²) in [6, 6.07) is 4.96. The van der Waals surface area contributed by atoms with Crippen molar-refractivity contribution >= 4 is 34.9 Å². The van der Waals surface area contributed by atoms with Crippen LogP contribution in [0.5, 0.6) is 0 Å². The Morgan fingerprint density at radius 3 is 2.74 bits per heavy atom. The Balaban J connectivity index is 1.81. The molecule has 0 spiro atoms. The summed E-state index contributed by atoms with van der Waals surface area (Å²) in [5.41, 5.74) is 6.75. The lowest BCUT2D eigenvalue weighted by Gasteiger charge is -2.30. The van der Waals surface area contributed by atoms with E-state index in [1.54, 1.807) is 25.1 Å². The number of benzene rings is 1. The first-order chi connectivity index (χ1) is 11.0. The van der Waals surface area contributed by atoms with E-state index in [-0.39, 0.29) is 24.3 Å². The van der Waals surface area contributed by atoms with Crippen molar-refractivity contribution in [3.8, 4) is 0 Å². The van der Waals surface area contributed by atoms with Crippen LogP contribution in [0.15, 0.2) is 18.2 Å². The number of likely N-dealkylation sites (tertiary alicyclic amines) is 1. The Morgan fingerprint density at radius 1 is 1.39 bits per heavy atom. The van der Waals surface area contributed by atoms with Gasteiger partial charge in [-0.05, 0) is 51.1 Å². The van der Waals surface area contributed by atoms with E-state index in [1.807, 2.05) is 4.90 Å². The molecule has 0 radical (unpaired) electrons. The van der Waals surface area contributed by atoms with Crippen molar-refractivity contribution in [2.45, 2.75) is 19.8 Å². The normalized spacial score (nSPS) is 16.1. The number of nitrogen functional groups attached to an aromatic ring is 1. The predicted octanol–water partition coefficient (Wildman–Crippen LogP) is 2.14. The van der Waals surface area contributed by atoms with Gasteiger partial charge in [0.05, 0.1) is 29.8 Å². The largest absolute Gasteiger partial charge is 0.466 e. The van der Waals surface area contributed by atoms with Gasteiger partial charge in [-0.2, -0.15) is 0 Å². The van der Waals surface area contributed by atoms with Crippen LogP contribution in [0.25, 0.3) is 0 Å². The standard InChI is InChI=1S/C16H22ClN3O3/c1-2-23-16(22)11-5-7-20(8-6-11)10-15(21)19-14-9-12(18)3-4-13(14)17/h3-4,9,11H,2,5-8,10,18H2,1H3,(H,19,21). The molecule has 1 aliphatic heterocycles. The molecule has 1 amide bonds. The van der Waals surface area contributed by atoms with E-state index in [4.69, 9.17) is 22.1 Å². The number of carbonyl (C=O) groups is 2. The molecule has 0 saturated carbocycles. The average Bonchev–Trinajstić information content (AvgIpc) is 2.52. The minimum Gasteiger partial charge on any atom is -0.466 e. The summed E-state index contributed by atoms with van der Waals surface area (Å²) in [6.45, 7) is 3.87. The van der Waals surface area contributed by atoms with Crippen LogP contribution in [0.4, 0.5) is 11.4 Å². The highest BCUT2D eigenvalue weighted by Crippen LogP contribution is 2.24. The minimum atomic E-state index is -0.146. The number of nitrogens with one attached hydrogen (secondary N) is 1. The summed E-state index contributed by atoms with van der Waals surface area (Å²) in [6.07, 6.45) is 1.43. The smallest absolute Gasteiger partial charge is 0.309 e. The quantitative estimate of drug-likeness (QED) is 0.634. The molecule has 0 aromatic heterocycles. The van der Waals surface area contributed by atoms with Gasteiger partial charge in [-0.1, -0.05) is 11.6 Å². The summed E-state index contributed by atoms with van der Waals surface area (Å²) >= 11 is 6.03. The van der Waals surface area contributed by atoms with E-state index >= 15 is 0 Å². The number of ether oxygens (including phenoxy) is 1. The van der Waals surface area contributed by atoms with Gasteiger partial charge in [0.25, 0.3) is 0 Å². The minimum absolute atomic E-state index is 0.0578. The van der Waals surface area contributed by atoms with Gasteiger partial charge in [0, 0.05) is 5.69 Å². The van der Waals surface area contributed by atoms with Crippen LogP contribution >= 0.6 is 11.6 Å². The number of piperidine rings is 1. The first kappa shape index (κ1) is 17.6. The molecule has 1 fully saturated rings. The van der Waals surface area contributed by atoms with Crippen LogP contribution in [0.3, 0.4) is 0 Å². The molecule has 7 heteroatoms. The summed E-state index contributed by atoms with van der Waals surface area (Å²) in [5.74, 6) is -0.340. The van der Waals surface area contributed by atoms with Gasteiger partial charge < -0.3 is 15.8 Å². The lowest BCUT2D eigenvalue weighted by Crippen LogP contribution is -2.41. The predicted molar refractivity (Wildman–Crippen MR) is 90.3 cm³/mol. The van der Waals surface area contributed by atoms with Crippen molar-refractivity contribution in [2.24, 2.45) is 5.92 Å². The fourth-order valence-corrected chi connectivity index (χ4v) is 2.78. The van der Waals surface area contributed by atoms with Crippen molar-refractivity contribution in [1.29, 1.82) is 0 Å². The second-order valence-electron chi connectivity index (χ2n) is 5.59. The Hall–Kier alpha value is -1.79. The van der Waals surface area contributed by atoms with Crippen molar-refractivity contribution in [2.75, 3.05) is 37.3 Å². The summed E-state index contributed by atoms with van der Waals surface area (Å²) < 4.78 is 5.04. The van der Waals surface area contributed by atoms with Crippen LogP contribution in [0.2, 0.25) is 5.02 Å². The van der Waals surface area contributed by atoms with Gasteiger partial charge in [0.1, 0.15) is 0 Å². The molecular weight excluding hydrogens is 318 g/mol. The highest BCUT2D eigenvalue weighted by Gasteiger charge is 2.26. The van der Waals surface area contributed by atoms with Crippen molar-refractivity contribution in [3.63, 3.8) is 0 Å². The molecule has 1 aliphatic rings. The first-order valence-electron chi connectivity index (χ1n) is 7.73. The van der Waals surface area contributed by atoms with Gasteiger partial charge in [-0.25, -0.2) is 0 Å². The zero-order chi connectivity index (χ0) is 16.8. The third-order valence-electron chi connectivity index (χ3n) is 3.84. The number of rotatable bonds is 5. The molecule has 23 heavy (non-hydrogen) atoms. The van der Waals surface area contributed by atoms with Crippen molar-refractivity contribution in [3.05, 3.63) is 23.2 Å². The molecule has 1 heterocycles. The van der Waals surface area contributed by atoms with E-state index in [0.29, 0.717) is 48.9 Å². The topological polar surface area (TPSA) is 84.7 Å². The number of hydrogen-bond acceptors (Lipinski definition) is 5. The van der Waals surface area contributed by atoms with Crippen LogP contribution in [-0.4, -0.2) is 43.0 Å². The molecule has 3 N–H and O–H groups in total. The second-order valence-corrected chi connectivity index (χ2v) is 6.00. The fourth-order valence-electron chi connectivity index (χ4n) is 2.62. The highest BCUT2D eigenvalue weighted by molar-refractivity contribution is 6.33. The molecule has 1 aromatic carbocycles. The van der Waals surface area contributed by atoms with Gasteiger partial charge in [0.15, 0.2) is 0 Å². The maximum atomic E-state index is 12.1. The van der Waals surface area contributed by atoms with Gasteiger partial charge in [-0.15, -0.1) is 0 Å². The number of nitrogens with zero attached hydrogens (tertiary/aromatic N) is 1. The molecule has 1 saturated heterocycles. The average molecular weight is 340 g/mol. The number of halogens is 1. The molecule has 0 atom stereocenters. The van der Waals surface area contributed by atoms with Crippen LogP contribution < -0.4 is 11.1 Å². The maximum Gasteiger partial charge on any atom is 0.309 e. The maximum absolute atomic E-state index is 12.1. The molecule has 2 rings (SSSR count). The number of amides is 1. The number of esters is 1. The molecule has 0 unspecified atom stereocenters. The Morgan fingerprint density at radius 2 is 2.09 bits per heavy atom. The molecular formula is C16H22ClN3O3. The van der Waals surface area contributed by atoms with E-state index in [0.717, 1.165) is 0 Å². The van der Waals surface area contributed by atoms with Crippen LogP contribution in [0.1, 0.15) is 19.8 Å². The SMILES string of the molecule is CCOC(=O)C1CCN(CC(=O)Nc2cc(N)ccc2Cl)CC1. The van der Waals surface area contributed by atoms with E-state index < -0.39 is 0 Å². The summed E-state index contributed by atoms with van der Waals surface area (Å²) in [4.78, 5) is 25.8. The van der Waals surface area contributed by atoms with Crippen molar-refractivity contribution < 1.29 is 14.3 Å². The first-order valence-corrected chi connectivity index (χ1v) is 8.11. The molecule has 126 valence electrons. The Labute approximate surface area is 140 Å². The number of hydrogen-bond donors (Lipinski definition) is 2. The van der Waals surface area contributed by atoms with E-state index in [2.05, 4.69) is 5.32 Å². The van der Waals surface area contributed by atoms with E-state index in [9.17, 15) is 9.59 Å². The third-order valence-corrected chi connectivity index (χ3v) is 4.17. The zero-order valence-corrected chi connectivity index (χ0v) is 13.9. The highest BCUT2D eigenvalue weighted by atomic mass is 35.5. The van der Waals surface area contributed by atoms with Crippen LogP contribution in [-0.2, 0) is 14.3 Å². The lowest BCUT2D eigenvalue weighted by atomic mass is 9.97. The molecule has 6 nitrogen and oxygen atoms in total. The molecule has 1 aromatic rings. The second kappa shape index (κ2) is 8.17. The molecule has 0 bridgehead atoms. The van der Waals surface area contributed by atoms with E-state index in [1.165, 1.54) is 0 Å². The van der Waals surface area contributed by atoms with Gasteiger partial charge in [0.2, 0.25) is 5.91 Å². The molecule has 0 aliphatic carbocycles. The van der Waals surface area contributed by atoms with Crippen LogP contribution in [0, 0.1) is 5.92 Å². The Kier molecular flexibility index (Phi) is 6.24. The lowest BCUT2D eigenvalue weighted by molar-refractivity contribution is -0.149. The Bertz CT molecular complexity index is 572. The summed E-state index contributed by atoms with van der Waals surface area (Å²) in [5, 5.41) is 3.22.